The molecule has 3 aromatic rings. The number of hydrogen-bond acceptors (Lipinski definition) is 5. The van der Waals surface area contributed by atoms with Crippen LogP contribution in [0.15, 0.2) is 52.1 Å². The number of carbonyl (C=O) groups excluding carboxylic acids is 1. The number of ether oxygens (including phenoxy) is 1. The molecule has 1 aliphatic rings. The third-order valence-corrected chi connectivity index (χ3v) is 6.13. The molecule has 0 saturated heterocycles. The molecule has 0 aliphatic heterocycles. The Hall–Kier alpha value is -3.30. The van der Waals surface area contributed by atoms with E-state index < -0.39 is 0 Å². The second-order valence-electron chi connectivity index (χ2n) is 6.94. The fourth-order valence-corrected chi connectivity index (χ4v) is 4.74. The lowest BCUT2D eigenvalue weighted by Crippen LogP contribution is -2.23. The summed E-state index contributed by atoms with van der Waals surface area (Å²) < 4.78 is 10.9. The molecule has 0 unspecified atom stereocenters. The molecule has 0 atom stereocenters. The van der Waals surface area contributed by atoms with Gasteiger partial charge in [0.15, 0.2) is 0 Å². The summed E-state index contributed by atoms with van der Waals surface area (Å²) in [5.74, 6) is 3.75. The lowest BCUT2D eigenvalue weighted by Gasteiger charge is -2.12. The van der Waals surface area contributed by atoms with E-state index in [1.165, 1.54) is 4.88 Å². The molecule has 2 heterocycles. The molecule has 6 heteroatoms. The number of fused-ring (bicyclic) bond motifs is 1. The number of para-hydroxylation sites is 1. The second-order valence-corrected chi connectivity index (χ2v) is 8.03. The number of furan rings is 1. The van der Waals surface area contributed by atoms with Crippen LogP contribution in [0.4, 0.5) is 5.00 Å². The van der Waals surface area contributed by atoms with Gasteiger partial charge in [0.05, 0.1) is 18.4 Å². The zero-order valence-electron chi connectivity index (χ0n) is 16.5. The topological polar surface area (TPSA) is 63.8 Å². The molecule has 0 spiro atoms. The van der Waals surface area contributed by atoms with Gasteiger partial charge in [0.1, 0.15) is 23.1 Å². The molecule has 4 rings (SSSR count). The van der Waals surface area contributed by atoms with Gasteiger partial charge in [0.25, 0.3) is 5.91 Å². The van der Waals surface area contributed by atoms with Crippen LogP contribution in [0.25, 0.3) is 0 Å². The van der Waals surface area contributed by atoms with Crippen LogP contribution in [0.1, 0.15) is 45.0 Å². The third-order valence-electron chi connectivity index (χ3n) is 4.93. The first kappa shape index (κ1) is 20.0. The van der Waals surface area contributed by atoms with Crippen LogP contribution in [0, 0.1) is 12.3 Å². The molecule has 1 N–H and O–H groups in total. The minimum atomic E-state index is -0.116. The van der Waals surface area contributed by atoms with Crippen LogP contribution in [0.3, 0.4) is 0 Å². The Morgan fingerprint density at radius 2 is 2.13 bits per heavy atom. The number of benzene rings is 1. The maximum atomic E-state index is 13.0. The van der Waals surface area contributed by atoms with Crippen molar-refractivity contribution in [3.63, 3.8) is 0 Å². The lowest BCUT2D eigenvalue weighted by atomic mass is 9.95. The van der Waals surface area contributed by atoms with E-state index in [-0.39, 0.29) is 12.5 Å². The molecule has 152 valence electrons. The summed E-state index contributed by atoms with van der Waals surface area (Å²) in [5, 5.41) is 3.70. The van der Waals surface area contributed by atoms with Crippen LogP contribution in [-0.2, 0) is 19.4 Å². The smallest absolute Gasteiger partial charge is 0.255 e. The van der Waals surface area contributed by atoms with Crippen LogP contribution < -0.4 is 10.1 Å². The van der Waals surface area contributed by atoms with E-state index in [2.05, 4.69) is 11.2 Å². The SMILES string of the molecule is C#CCOc1ccccc1C=Nc1sc2c(c1C(=O)NCc1ccco1)CCCC2. The normalized spacial score (nSPS) is 13.0. The van der Waals surface area contributed by atoms with Crippen molar-refractivity contribution in [2.45, 2.75) is 32.2 Å². The summed E-state index contributed by atoms with van der Waals surface area (Å²) in [6, 6.07) is 11.2. The zero-order chi connectivity index (χ0) is 20.8. The van der Waals surface area contributed by atoms with Crippen LogP contribution >= 0.6 is 11.3 Å². The van der Waals surface area contributed by atoms with E-state index in [0.29, 0.717) is 17.9 Å². The zero-order valence-corrected chi connectivity index (χ0v) is 17.3. The summed E-state index contributed by atoms with van der Waals surface area (Å²) in [6.45, 7) is 0.543. The Morgan fingerprint density at radius 1 is 1.27 bits per heavy atom. The average Bonchev–Trinajstić information content (AvgIpc) is 3.42. The van der Waals surface area contributed by atoms with E-state index in [9.17, 15) is 4.79 Å². The number of rotatable bonds is 7. The monoisotopic (exact) mass is 418 g/mol. The van der Waals surface area contributed by atoms with Gasteiger partial charge < -0.3 is 14.5 Å². The number of amides is 1. The first-order chi connectivity index (χ1) is 14.8. The first-order valence-electron chi connectivity index (χ1n) is 9.90. The maximum absolute atomic E-state index is 13.0. The molecular formula is C24H22N2O3S. The Morgan fingerprint density at radius 3 is 2.97 bits per heavy atom. The summed E-state index contributed by atoms with van der Waals surface area (Å²) in [5.41, 5.74) is 2.63. The molecule has 30 heavy (non-hydrogen) atoms. The van der Waals surface area contributed by atoms with E-state index in [1.54, 1.807) is 23.8 Å². The fourth-order valence-electron chi connectivity index (χ4n) is 3.51. The van der Waals surface area contributed by atoms with Gasteiger partial charge >= 0.3 is 0 Å². The Bertz CT molecular complexity index is 1090. The quantitative estimate of drug-likeness (QED) is 0.438. The lowest BCUT2D eigenvalue weighted by molar-refractivity contribution is 0.0948. The number of terminal acetylenes is 1. The predicted octanol–water partition coefficient (Wildman–Crippen LogP) is 4.91. The molecule has 1 aromatic carbocycles. The van der Waals surface area contributed by atoms with Crippen LogP contribution in [0.2, 0.25) is 0 Å². The fraction of sp³-hybridized carbons (Fsp3) is 0.250. The van der Waals surface area contributed by atoms with E-state index in [0.717, 1.165) is 47.6 Å². The van der Waals surface area contributed by atoms with Gasteiger partial charge in [-0.05, 0) is 55.5 Å². The molecule has 5 nitrogen and oxygen atoms in total. The second kappa shape index (κ2) is 9.47. The Kier molecular flexibility index (Phi) is 6.31. The van der Waals surface area contributed by atoms with Gasteiger partial charge in [-0.3, -0.25) is 4.79 Å². The summed E-state index contributed by atoms with van der Waals surface area (Å²) in [6.07, 6.45) is 12.8. The maximum Gasteiger partial charge on any atom is 0.255 e. The minimum Gasteiger partial charge on any atom is -0.480 e. The number of aryl methyl sites for hydroxylation is 1. The van der Waals surface area contributed by atoms with Crippen molar-refractivity contribution in [1.82, 2.24) is 5.32 Å². The number of hydrogen-bond donors (Lipinski definition) is 1. The van der Waals surface area contributed by atoms with Crippen molar-refractivity contribution < 1.29 is 13.9 Å². The highest BCUT2D eigenvalue weighted by atomic mass is 32.1. The van der Waals surface area contributed by atoms with Crippen LogP contribution in [-0.4, -0.2) is 18.7 Å². The molecule has 1 aliphatic carbocycles. The molecular weight excluding hydrogens is 396 g/mol. The summed E-state index contributed by atoms with van der Waals surface area (Å²) in [4.78, 5) is 19.0. The number of aliphatic imine (C=N–C) groups is 1. The number of nitrogens with zero attached hydrogens (tertiary/aromatic N) is 1. The van der Waals surface area contributed by atoms with Gasteiger partial charge in [0.2, 0.25) is 0 Å². The van der Waals surface area contributed by atoms with Gasteiger partial charge in [-0.15, -0.1) is 17.8 Å². The van der Waals surface area contributed by atoms with E-state index in [1.807, 2.05) is 36.4 Å². The van der Waals surface area contributed by atoms with Gasteiger partial charge in [-0.25, -0.2) is 4.99 Å². The van der Waals surface area contributed by atoms with Crippen molar-refractivity contribution in [3.05, 3.63) is 70.0 Å². The number of carbonyl (C=O) groups is 1. The molecule has 0 fully saturated rings. The van der Waals surface area contributed by atoms with Crippen molar-refractivity contribution in [2.24, 2.45) is 4.99 Å². The largest absolute Gasteiger partial charge is 0.480 e. The highest BCUT2D eigenvalue weighted by Crippen LogP contribution is 2.40. The highest BCUT2D eigenvalue weighted by molar-refractivity contribution is 7.16. The van der Waals surface area contributed by atoms with Crippen LogP contribution in [0.5, 0.6) is 5.75 Å². The van der Waals surface area contributed by atoms with Crippen molar-refractivity contribution in [3.8, 4) is 18.1 Å². The number of nitrogens with one attached hydrogen (secondary N) is 1. The summed E-state index contributed by atoms with van der Waals surface area (Å²) in [7, 11) is 0. The summed E-state index contributed by atoms with van der Waals surface area (Å²) >= 11 is 1.60. The Balaban J connectivity index is 1.62. The van der Waals surface area contributed by atoms with E-state index in [4.69, 9.17) is 20.6 Å². The molecule has 1 amide bonds. The van der Waals surface area contributed by atoms with Gasteiger partial charge in [-0.2, -0.15) is 0 Å². The van der Waals surface area contributed by atoms with Crippen molar-refractivity contribution in [1.29, 1.82) is 0 Å². The molecule has 0 saturated carbocycles. The molecule has 0 bridgehead atoms. The Labute approximate surface area is 179 Å². The average molecular weight is 419 g/mol. The van der Waals surface area contributed by atoms with Crippen molar-refractivity contribution in [2.75, 3.05) is 6.61 Å². The van der Waals surface area contributed by atoms with E-state index >= 15 is 0 Å². The standard InChI is InChI=1S/C24H22N2O3S/c1-2-13-29-20-11-5-3-8-17(20)15-26-24-22(19-10-4-6-12-21(19)30-24)23(27)25-16-18-9-7-14-28-18/h1,3,5,7-9,11,14-15H,4,6,10,12-13,16H2,(H,25,27). The third kappa shape index (κ3) is 4.47. The molecule has 0 radical (unpaired) electrons. The van der Waals surface area contributed by atoms with Crippen molar-refractivity contribution >= 4 is 28.5 Å². The predicted molar refractivity (Wildman–Crippen MR) is 119 cm³/mol. The van der Waals surface area contributed by atoms with Gasteiger partial charge in [0, 0.05) is 16.7 Å². The van der Waals surface area contributed by atoms with Gasteiger partial charge in [-0.1, -0.05) is 18.1 Å². The minimum absolute atomic E-state index is 0.116. The first-order valence-corrected chi connectivity index (χ1v) is 10.7. The molecule has 2 aromatic heterocycles. The highest BCUT2D eigenvalue weighted by Gasteiger charge is 2.25. The number of thiophene rings is 1.